The van der Waals surface area contributed by atoms with Crippen LogP contribution in [0.2, 0.25) is 0 Å². The molecule has 0 saturated heterocycles. The third-order valence-corrected chi connectivity index (χ3v) is 4.77. The number of esters is 1. The van der Waals surface area contributed by atoms with Crippen molar-refractivity contribution in [3.05, 3.63) is 0 Å². The standard InChI is InChI=1S/C20H37N3O6/c1-10-11-28-20(27)23(9)15(5)18(25)21(7)14(4)17(24)22(8)16(6)19(26)29-12-13(2)3/h13-16H,10-12H2,1-9H3. The molecule has 9 heteroatoms. The lowest BCUT2D eigenvalue weighted by molar-refractivity contribution is -0.156. The molecule has 0 aromatic carbocycles. The van der Waals surface area contributed by atoms with Gasteiger partial charge in [-0.2, -0.15) is 0 Å². The van der Waals surface area contributed by atoms with Gasteiger partial charge in [-0.25, -0.2) is 9.59 Å². The summed E-state index contributed by atoms with van der Waals surface area (Å²) in [6.07, 6.45) is 0.0796. The quantitative estimate of drug-likeness (QED) is 0.504. The molecule has 0 aliphatic rings. The maximum atomic E-state index is 12.8. The zero-order chi connectivity index (χ0) is 22.9. The second-order valence-corrected chi connectivity index (χ2v) is 7.68. The van der Waals surface area contributed by atoms with Crippen molar-refractivity contribution in [2.24, 2.45) is 5.92 Å². The van der Waals surface area contributed by atoms with Gasteiger partial charge >= 0.3 is 12.1 Å². The Morgan fingerprint density at radius 2 is 1.17 bits per heavy atom. The summed E-state index contributed by atoms with van der Waals surface area (Å²) < 4.78 is 10.2. The number of likely N-dealkylation sites (N-methyl/N-ethyl adjacent to an activating group) is 3. The lowest BCUT2D eigenvalue weighted by Crippen LogP contribution is -2.55. The summed E-state index contributed by atoms with van der Waals surface area (Å²) in [5, 5.41) is 0. The Kier molecular flexibility index (Phi) is 11.3. The third kappa shape index (κ3) is 7.91. The van der Waals surface area contributed by atoms with E-state index in [1.54, 1.807) is 20.8 Å². The van der Waals surface area contributed by atoms with E-state index in [1.165, 1.54) is 35.8 Å². The van der Waals surface area contributed by atoms with Crippen LogP contribution in [0.3, 0.4) is 0 Å². The molecule has 0 fully saturated rings. The van der Waals surface area contributed by atoms with E-state index >= 15 is 0 Å². The average molecular weight is 416 g/mol. The van der Waals surface area contributed by atoms with Crippen molar-refractivity contribution in [1.82, 2.24) is 14.7 Å². The highest BCUT2D eigenvalue weighted by molar-refractivity contribution is 5.92. The molecule has 0 aliphatic carbocycles. The van der Waals surface area contributed by atoms with Gasteiger partial charge in [-0.1, -0.05) is 20.8 Å². The van der Waals surface area contributed by atoms with Crippen LogP contribution in [0.4, 0.5) is 4.79 Å². The second kappa shape index (κ2) is 12.3. The summed E-state index contributed by atoms with van der Waals surface area (Å²) in [4.78, 5) is 53.3. The molecule has 0 aliphatic heterocycles. The number of hydrogen-bond acceptors (Lipinski definition) is 6. The monoisotopic (exact) mass is 415 g/mol. The van der Waals surface area contributed by atoms with Gasteiger partial charge in [0.05, 0.1) is 13.2 Å². The van der Waals surface area contributed by atoms with Gasteiger partial charge in [0.15, 0.2) is 0 Å². The van der Waals surface area contributed by atoms with Crippen LogP contribution in [0, 0.1) is 5.92 Å². The van der Waals surface area contributed by atoms with Crippen molar-refractivity contribution < 1.29 is 28.7 Å². The van der Waals surface area contributed by atoms with E-state index in [1.807, 2.05) is 20.8 Å². The number of amides is 3. The Balaban J connectivity index is 4.99. The Hall–Kier alpha value is -2.32. The van der Waals surface area contributed by atoms with Gasteiger partial charge in [-0.15, -0.1) is 0 Å². The van der Waals surface area contributed by atoms with Crippen LogP contribution in [0.1, 0.15) is 48.0 Å². The van der Waals surface area contributed by atoms with Crippen LogP contribution in [0.5, 0.6) is 0 Å². The second-order valence-electron chi connectivity index (χ2n) is 7.68. The fraction of sp³-hybridized carbons (Fsp3) is 0.800. The number of carbonyl (C=O) groups excluding carboxylic acids is 4. The number of carbonyl (C=O) groups is 4. The first kappa shape index (κ1) is 26.7. The first-order valence-corrected chi connectivity index (χ1v) is 9.96. The summed E-state index contributed by atoms with van der Waals surface area (Å²) in [5.74, 6) is -1.12. The van der Waals surface area contributed by atoms with Crippen LogP contribution in [0.25, 0.3) is 0 Å². The van der Waals surface area contributed by atoms with Crippen LogP contribution >= 0.6 is 0 Å². The molecule has 0 spiro atoms. The first-order chi connectivity index (χ1) is 13.4. The van der Waals surface area contributed by atoms with Crippen LogP contribution < -0.4 is 0 Å². The van der Waals surface area contributed by atoms with Crippen LogP contribution in [0.15, 0.2) is 0 Å². The van der Waals surface area contributed by atoms with Gasteiger partial charge in [-0.05, 0) is 33.1 Å². The SMILES string of the molecule is CCCOC(=O)N(C)C(C)C(=O)N(C)C(C)C(=O)N(C)C(C)C(=O)OCC(C)C. The lowest BCUT2D eigenvalue weighted by Gasteiger charge is -2.33. The fourth-order valence-electron chi connectivity index (χ4n) is 2.28. The molecule has 9 nitrogen and oxygen atoms in total. The van der Waals surface area contributed by atoms with Gasteiger partial charge in [0.25, 0.3) is 0 Å². The van der Waals surface area contributed by atoms with Crippen molar-refractivity contribution in [3.8, 4) is 0 Å². The van der Waals surface area contributed by atoms with Gasteiger partial charge in [0, 0.05) is 21.1 Å². The molecule has 29 heavy (non-hydrogen) atoms. The molecular weight excluding hydrogens is 378 g/mol. The Morgan fingerprint density at radius 3 is 1.62 bits per heavy atom. The normalized spacial score (nSPS) is 13.9. The Morgan fingerprint density at radius 1 is 0.724 bits per heavy atom. The number of ether oxygens (including phenoxy) is 2. The highest BCUT2D eigenvalue weighted by atomic mass is 16.6. The topological polar surface area (TPSA) is 96.5 Å². The number of rotatable bonds is 10. The summed E-state index contributed by atoms with van der Waals surface area (Å²) in [6.45, 7) is 11.0. The van der Waals surface area contributed by atoms with Crippen LogP contribution in [-0.4, -0.2) is 91.1 Å². The molecule has 0 aromatic heterocycles. The molecule has 3 amide bonds. The van der Waals surface area contributed by atoms with Crippen molar-refractivity contribution in [1.29, 1.82) is 0 Å². The van der Waals surface area contributed by atoms with Crippen molar-refractivity contribution in [2.45, 2.75) is 66.1 Å². The van der Waals surface area contributed by atoms with Gasteiger partial charge in [0.1, 0.15) is 18.1 Å². The smallest absolute Gasteiger partial charge is 0.410 e. The summed E-state index contributed by atoms with van der Waals surface area (Å²) >= 11 is 0. The number of hydrogen-bond donors (Lipinski definition) is 0. The van der Waals surface area contributed by atoms with Gasteiger partial charge < -0.3 is 19.3 Å². The molecule has 0 N–H and O–H groups in total. The molecule has 3 atom stereocenters. The lowest BCUT2D eigenvalue weighted by atomic mass is 10.1. The number of nitrogens with zero attached hydrogens (tertiary/aromatic N) is 3. The maximum absolute atomic E-state index is 12.8. The van der Waals surface area contributed by atoms with Gasteiger partial charge in [0.2, 0.25) is 11.8 Å². The zero-order valence-corrected chi connectivity index (χ0v) is 19.2. The largest absolute Gasteiger partial charge is 0.464 e. The zero-order valence-electron chi connectivity index (χ0n) is 19.2. The van der Waals surface area contributed by atoms with Gasteiger partial charge in [-0.3, -0.25) is 14.5 Å². The van der Waals surface area contributed by atoms with Crippen molar-refractivity contribution in [3.63, 3.8) is 0 Å². The molecule has 0 rings (SSSR count). The minimum absolute atomic E-state index is 0.192. The molecule has 0 heterocycles. The predicted octanol–water partition coefficient (Wildman–Crippen LogP) is 1.75. The van der Waals surface area contributed by atoms with Crippen LogP contribution in [-0.2, 0) is 23.9 Å². The minimum Gasteiger partial charge on any atom is -0.464 e. The summed E-state index contributed by atoms with van der Waals surface area (Å²) in [5.41, 5.74) is 0. The summed E-state index contributed by atoms with van der Waals surface area (Å²) in [7, 11) is 4.46. The Bertz CT molecular complexity index is 581. The van der Waals surface area contributed by atoms with E-state index in [-0.39, 0.29) is 19.1 Å². The maximum Gasteiger partial charge on any atom is 0.410 e. The summed E-state index contributed by atoms with van der Waals surface area (Å²) in [6, 6.07) is -2.41. The van der Waals surface area contributed by atoms with E-state index in [0.717, 1.165) is 0 Å². The van der Waals surface area contributed by atoms with E-state index in [9.17, 15) is 19.2 Å². The van der Waals surface area contributed by atoms with E-state index in [0.29, 0.717) is 6.42 Å². The fourth-order valence-corrected chi connectivity index (χ4v) is 2.28. The molecule has 0 radical (unpaired) electrons. The van der Waals surface area contributed by atoms with E-state index < -0.39 is 42.0 Å². The molecule has 3 unspecified atom stereocenters. The minimum atomic E-state index is -0.824. The first-order valence-electron chi connectivity index (χ1n) is 9.96. The average Bonchev–Trinajstić information content (AvgIpc) is 2.70. The molecule has 0 saturated carbocycles. The van der Waals surface area contributed by atoms with Crippen molar-refractivity contribution >= 4 is 23.9 Å². The van der Waals surface area contributed by atoms with E-state index in [2.05, 4.69) is 0 Å². The molecule has 168 valence electrons. The highest BCUT2D eigenvalue weighted by Gasteiger charge is 2.34. The highest BCUT2D eigenvalue weighted by Crippen LogP contribution is 2.10. The molecular formula is C20H37N3O6. The molecule has 0 aromatic rings. The third-order valence-electron chi connectivity index (χ3n) is 4.77. The predicted molar refractivity (Wildman–Crippen MR) is 109 cm³/mol. The molecule has 0 bridgehead atoms. The van der Waals surface area contributed by atoms with E-state index in [4.69, 9.17) is 9.47 Å². The van der Waals surface area contributed by atoms with Crippen molar-refractivity contribution in [2.75, 3.05) is 34.4 Å². The Labute approximate surface area is 174 Å².